The second kappa shape index (κ2) is 3.25. The Morgan fingerprint density at radius 3 is 2.50 bits per heavy atom. The average molecular weight is 244 g/mol. The summed E-state index contributed by atoms with van der Waals surface area (Å²) in [6.07, 6.45) is -1.51. The van der Waals surface area contributed by atoms with Crippen LogP contribution in [0.2, 0.25) is 0 Å². The minimum atomic E-state index is -4.21. The first kappa shape index (κ1) is 11.5. The molecular weight excluding hydrogens is 234 g/mol. The van der Waals surface area contributed by atoms with E-state index in [0.29, 0.717) is 4.42 Å². The fourth-order valence-electron chi connectivity index (χ4n) is 1.24. The fourth-order valence-corrected chi connectivity index (χ4v) is 2.65. The first-order valence-corrected chi connectivity index (χ1v) is 5.73. The molecule has 1 rings (SSSR count). The first-order chi connectivity index (χ1) is 6.17. The van der Waals surface area contributed by atoms with Crippen LogP contribution in [0, 0.1) is 0 Å². The molecule has 0 bridgehead atoms. The van der Waals surface area contributed by atoms with Crippen LogP contribution in [0.3, 0.4) is 0 Å². The zero-order valence-electron chi connectivity index (χ0n) is 7.60. The van der Waals surface area contributed by atoms with Crippen LogP contribution in [-0.2, 0) is 14.9 Å². The highest BCUT2D eigenvalue weighted by Gasteiger charge is 2.51. The lowest BCUT2D eigenvalue weighted by Gasteiger charge is -2.27. The van der Waals surface area contributed by atoms with Gasteiger partial charge in [0, 0.05) is 11.8 Å². The second-order valence-corrected chi connectivity index (χ2v) is 5.18. The molecule has 1 fully saturated rings. The number of halogens is 1. The minimum absolute atomic E-state index is 0.656. The van der Waals surface area contributed by atoms with Crippen molar-refractivity contribution in [2.24, 2.45) is 0 Å². The molecule has 1 amide bonds. The molecule has 0 aromatic rings. The average Bonchev–Trinajstić information content (AvgIpc) is 2.13. The van der Waals surface area contributed by atoms with Gasteiger partial charge >= 0.3 is 6.09 Å². The van der Waals surface area contributed by atoms with Gasteiger partial charge in [-0.15, -0.1) is 0 Å². The molecule has 0 aliphatic carbocycles. The summed E-state index contributed by atoms with van der Waals surface area (Å²) in [4.78, 5) is 11.0. The molecule has 14 heavy (non-hydrogen) atoms. The van der Waals surface area contributed by atoms with Gasteiger partial charge in [-0.2, -0.15) is 8.42 Å². The Balaban J connectivity index is 2.99. The number of carbonyl (C=O) groups excluding carboxylic acids is 1. The largest absolute Gasteiger partial charge is 0.443 e. The summed E-state index contributed by atoms with van der Waals surface area (Å²) in [6.45, 7) is 2.93. The molecule has 1 heterocycles. The first-order valence-electron chi connectivity index (χ1n) is 3.78. The van der Waals surface area contributed by atoms with Crippen LogP contribution < -0.4 is 0 Å². The third-order valence-corrected chi connectivity index (χ3v) is 3.71. The quantitative estimate of drug-likeness (QED) is 0.568. The highest BCUT2D eigenvalue weighted by atomic mass is 35.5. The lowest BCUT2D eigenvalue weighted by molar-refractivity contribution is 0.129. The minimum Gasteiger partial charge on any atom is -0.443 e. The Hall–Kier alpha value is -0.530. The van der Waals surface area contributed by atoms with Crippen molar-refractivity contribution < 1.29 is 22.5 Å². The second-order valence-electron chi connectivity index (χ2n) is 3.39. The number of hydrogen-bond donors (Lipinski definition) is 1. The van der Waals surface area contributed by atoms with Crippen molar-refractivity contribution in [3.05, 3.63) is 0 Å². The lowest BCUT2D eigenvalue weighted by atomic mass is 10.0. The van der Waals surface area contributed by atoms with E-state index in [4.69, 9.17) is 21.1 Å². The molecule has 0 saturated carbocycles. The molecule has 0 aromatic heterocycles. The molecule has 6 nitrogen and oxygen atoms in total. The monoisotopic (exact) mass is 243 g/mol. The summed E-state index contributed by atoms with van der Waals surface area (Å²) >= 11 is 5.55. The van der Waals surface area contributed by atoms with E-state index in [0.717, 1.165) is 0 Å². The predicted octanol–water partition coefficient (Wildman–Crippen LogP) is 0.627. The highest BCUT2D eigenvalue weighted by Crippen LogP contribution is 2.33. The maximum atomic E-state index is 11.0. The van der Waals surface area contributed by atoms with Gasteiger partial charge in [-0.25, -0.2) is 9.21 Å². The van der Waals surface area contributed by atoms with Crippen LogP contribution in [-0.4, -0.2) is 40.9 Å². The molecule has 0 radical (unpaired) electrons. The Morgan fingerprint density at radius 2 is 2.21 bits per heavy atom. The van der Waals surface area contributed by atoms with Gasteiger partial charge in [-0.1, -0.05) is 0 Å². The van der Waals surface area contributed by atoms with Gasteiger partial charge in [-0.3, -0.25) is 4.55 Å². The molecule has 2 atom stereocenters. The maximum absolute atomic E-state index is 11.0. The number of hydrogen-bond acceptors (Lipinski definition) is 4. The topological polar surface area (TPSA) is 83.9 Å². The number of carbonyl (C=O) groups is 1. The highest BCUT2D eigenvalue weighted by molar-refractivity contribution is 7.85. The van der Waals surface area contributed by atoms with Gasteiger partial charge < -0.3 is 4.74 Å². The third kappa shape index (κ3) is 1.94. The maximum Gasteiger partial charge on any atom is 0.425 e. The van der Waals surface area contributed by atoms with Gasteiger partial charge in [0.2, 0.25) is 0 Å². The van der Waals surface area contributed by atoms with Crippen molar-refractivity contribution >= 4 is 28.0 Å². The van der Waals surface area contributed by atoms with E-state index in [1.54, 1.807) is 0 Å². The van der Waals surface area contributed by atoms with Gasteiger partial charge in [-0.05, 0) is 13.8 Å². The summed E-state index contributed by atoms with van der Waals surface area (Å²) < 4.78 is 35.4. The van der Waals surface area contributed by atoms with Gasteiger partial charge in [0.15, 0.2) is 0 Å². The Bertz CT molecular complexity index is 355. The van der Waals surface area contributed by atoms with Crippen molar-refractivity contribution in [2.45, 2.75) is 25.5 Å². The zero-order valence-corrected chi connectivity index (χ0v) is 9.17. The van der Waals surface area contributed by atoms with Gasteiger partial charge in [0.05, 0.1) is 0 Å². The number of cyclic esters (lactones) is 1. The molecule has 1 N–H and O–H groups in total. The lowest BCUT2D eigenvalue weighted by Crippen LogP contribution is -2.48. The number of rotatable bonds is 2. The van der Waals surface area contributed by atoms with E-state index >= 15 is 0 Å². The van der Waals surface area contributed by atoms with E-state index in [2.05, 4.69) is 0 Å². The Morgan fingerprint density at radius 1 is 1.71 bits per heavy atom. The van der Waals surface area contributed by atoms with Crippen molar-refractivity contribution in [2.75, 3.05) is 5.75 Å². The molecule has 1 saturated heterocycles. The van der Waals surface area contributed by atoms with Crippen LogP contribution in [0.5, 0.6) is 0 Å². The van der Waals surface area contributed by atoms with Crippen LogP contribution >= 0.6 is 11.8 Å². The van der Waals surface area contributed by atoms with Crippen LogP contribution in [0.4, 0.5) is 4.79 Å². The number of ether oxygens (including phenoxy) is 1. The van der Waals surface area contributed by atoms with Crippen LogP contribution in [0.25, 0.3) is 0 Å². The summed E-state index contributed by atoms with van der Waals surface area (Å²) in [6, 6.07) is 0. The molecule has 8 heteroatoms. The SMILES string of the molecule is CC1OC(=O)N(Cl)C1(C)CS(=O)(=O)O. The molecule has 1 aliphatic heterocycles. The van der Waals surface area contributed by atoms with E-state index in [9.17, 15) is 13.2 Å². The summed E-state index contributed by atoms with van der Waals surface area (Å²) in [7, 11) is -4.21. The van der Waals surface area contributed by atoms with E-state index < -0.39 is 33.6 Å². The van der Waals surface area contributed by atoms with Gasteiger partial charge in [0.25, 0.3) is 10.1 Å². The Labute approximate surface area is 86.6 Å². The van der Waals surface area contributed by atoms with Crippen molar-refractivity contribution in [1.29, 1.82) is 0 Å². The molecule has 0 spiro atoms. The molecule has 2 unspecified atom stereocenters. The van der Waals surface area contributed by atoms with Crippen molar-refractivity contribution in [3.8, 4) is 0 Å². The standard InChI is InChI=1S/C6H10ClNO5S/c1-4-6(2,3-14(10,11)12)8(7)5(9)13-4/h4H,3H2,1-2H3,(H,10,11,12). The fraction of sp³-hybridized carbons (Fsp3) is 0.833. The Kier molecular flexibility index (Phi) is 2.68. The molecule has 82 valence electrons. The van der Waals surface area contributed by atoms with Crippen LogP contribution in [0.1, 0.15) is 13.8 Å². The van der Waals surface area contributed by atoms with E-state index in [1.807, 2.05) is 0 Å². The van der Waals surface area contributed by atoms with E-state index in [1.165, 1.54) is 13.8 Å². The zero-order chi connectivity index (χ0) is 11.1. The molecule has 1 aliphatic rings. The van der Waals surface area contributed by atoms with Crippen molar-refractivity contribution in [1.82, 2.24) is 4.42 Å². The van der Waals surface area contributed by atoms with Crippen LogP contribution in [0.15, 0.2) is 0 Å². The van der Waals surface area contributed by atoms with Crippen molar-refractivity contribution in [3.63, 3.8) is 0 Å². The van der Waals surface area contributed by atoms with E-state index in [-0.39, 0.29) is 0 Å². The summed E-state index contributed by atoms with van der Waals surface area (Å²) in [5, 5.41) is 0. The third-order valence-electron chi connectivity index (χ3n) is 2.24. The molecular formula is C6H10ClNO5S. The van der Waals surface area contributed by atoms with Gasteiger partial charge in [0.1, 0.15) is 17.4 Å². The normalized spacial score (nSPS) is 33.3. The molecule has 0 aromatic carbocycles. The summed E-state index contributed by atoms with van der Waals surface area (Å²) in [5.41, 5.74) is -1.24. The smallest absolute Gasteiger partial charge is 0.425 e. The predicted molar refractivity (Wildman–Crippen MR) is 48.5 cm³/mol. The number of amides is 1. The number of nitrogens with zero attached hydrogens (tertiary/aromatic N) is 1. The summed E-state index contributed by atoms with van der Waals surface area (Å²) in [5.74, 6) is -0.656.